The van der Waals surface area contributed by atoms with Gasteiger partial charge in [0.05, 0.1) is 109 Å². The average Bonchev–Trinajstić information content (AvgIpc) is 1.76. The number of Topliss-reactive ketones (excluding diaryl/α,β-unsaturated/α-hetero) is 3. The molecule has 6 rings (SSSR count). The van der Waals surface area contributed by atoms with Crippen LogP contribution in [0.15, 0.2) is 78.9 Å². The summed E-state index contributed by atoms with van der Waals surface area (Å²) >= 11 is 0. The number of nitrogens with one attached hydrogen (secondary N) is 10. The maximum atomic E-state index is 14.7. The quantitative estimate of drug-likeness (QED) is 0.0109. The van der Waals surface area contributed by atoms with E-state index in [1.807, 2.05) is 138 Å². The number of rotatable bonds is 59. The number of likely N-dealkylation sites (N-methyl/N-ethyl adjacent to an activating group) is 2. The van der Waals surface area contributed by atoms with E-state index in [0.717, 1.165) is 67.7 Å². The van der Waals surface area contributed by atoms with Gasteiger partial charge in [0.25, 0.3) is 0 Å². The Hall–Kier alpha value is -9.60. The zero-order chi connectivity index (χ0) is 98.4. The summed E-state index contributed by atoms with van der Waals surface area (Å²) in [6.07, 6.45) is 7.16. The van der Waals surface area contributed by atoms with Gasteiger partial charge in [-0.1, -0.05) is 144 Å². The number of methoxy groups -OCH3 is 2. The van der Waals surface area contributed by atoms with E-state index in [9.17, 15) is 67.1 Å². The SMILES string of the molecule is CC[C@H](CC(=O)[C@@H](NC(=O)CCC[N+]1(C)CCC(CNCNC(=O)C2CC[N+](C)(CCCC(=O)N[C@H](C(=O)C[C@@H](CCCNC(N)=O)C(=O)Nc3ccc(CNC(=O)[C@@H](CC(=O)[C@H](C)[C@@H](OC)[C@@H]4CCCN4C(=O)C[C@@H](OC)[C@H]([C@@H](C)CC)N(C)C(=O)[C@@H](NC(=O)[C@H](C(C)C)N(C)C)C(C)C)Cc4ccccc4)cc3)C(C)C)CC2)CC1)C(C)C)C(=O)Nc1ccc(CNC=O)cc1. The van der Waals surface area contributed by atoms with Crippen molar-refractivity contribution in [3.63, 3.8) is 0 Å². The first-order chi connectivity index (χ1) is 63.1. The second kappa shape index (κ2) is 56.0. The molecule has 0 bridgehead atoms. The summed E-state index contributed by atoms with van der Waals surface area (Å²) in [4.78, 5) is 196. The van der Waals surface area contributed by atoms with Crippen molar-refractivity contribution in [1.29, 1.82) is 0 Å². The molecule has 0 unspecified atom stereocenters. The molecular formula is C101H164N16O16+2. The van der Waals surface area contributed by atoms with Gasteiger partial charge < -0.3 is 81.8 Å². The lowest BCUT2D eigenvalue weighted by Crippen LogP contribution is -2.59. The van der Waals surface area contributed by atoms with E-state index >= 15 is 0 Å². The van der Waals surface area contributed by atoms with Crippen molar-refractivity contribution in [2.75, 3.05) is 126 Å². The van der Waals surface area contributed by atoms with E-state index < -0.39 is 84.1 Å². The fourth-order valence-corrected chi connectivity index (χ4v) is 19.4. The van der Waals surface area contributed by atoms with Crippen LogP contribution in [0, 0.1) is 65.1 Å². The fourth-order valence-electron chi connectivity index (χ4n) is 19.4. The first-order valence-corrected chi connectivity index (χ1v) is 48.8. The molecule has 32 nitrogen and oxygen atoms in total. The number of ketones is 3. The highest BCUT2D eigenvalue weighted by atomic mass is 16.5. The van der Waals surface area contributed by atoms with Crippen molar-refractivity contribution in [3.8, 4) is 0 Å². The van der Waals surface area contributed by atoms with E-state index in [0.29, 0.717) is 124 Å². The zero-order valence-electron chi connectivity index (χ0n) is 83.3. The second-order valence-corrected chi connectivity index (χ2v) is 39.9. The highest BCUT2D eigenvalue weighted by Crippen LogP contribution is 2.33. The lowest BCUT2D eigenvalue weighted by atomic mass is 9.85. The number of hydrogen-bond acceptors (Lipinski definition) is 18. The molecule has 0 aromatic heterocycles. The first kappa shape index (κ1) is 112. The molecule has 0 aliphatic carbocycles. The predicted octanol–water partition coefficient (Wildman–Crippen LogP) is 8.82. The van der Waals surface area contributed by atoms with Crippen molar-refractivity contribution < 1.29 is 85.6 Å². The van der Waals surface area contributed by atoms with E-state index in [-0.39, 0.29) is 158 Å². The number of nitrogens with zero attached hydrogens (tertiary/aromatic N) is 5. The van der Waals surface area contributed by atoms with Gasteiger partial charge >= 0.3 is 6.03 Å². The van der Waals surface area contributed by atoms with Gasteiger partial charge in [-0.2, -0.15) is 0 Å². The standard InChI is InChI=1S/C101H162N16O16/c1-20-69(11)93(114(15)100(130)91(67(7)8)112-99(129)92(68(9)10)113(13)14)85(132-18)59-88(124)115-48-26-32-81(115)94(133-19)70(12)82(119)58-78(55-71-29-23-22-24-30-71)96(126)106-62-73-37-41-80(42-38-73)109-98(128)77(31-25-47-105-101(102)131)57-84(121)90(66(5)6)111-87(123)34-28-50-117(17)53-45-76(46-54-117)95(125)107-63-103-60-74-43-51-116(16,52-44-74)49-27-33-86(122)110-89(65(3)4)83(120)56-75(21-2)97(127)108-79-39-35-72(36-40-79)61-104-64-118/h22-24,29-30,35-42,64-70,74-78,81,85,89-94,103H,20-21,25-28,31-34,43-63H2,1-19H3,(H9-2,102,104,105,106,107,108,109,110,111,112,118,122,123,125,126,127,128,129,131)/p+2/t69-,70-,74?,75+,76?,77+,78+,81-,85+,89-,90-,91-,92-,93-,94+,116?,117?/m0/s1. The lowest BCUT2D eigenvalue weighted by molar-refractivity contribution is -0.915. The number of piperidine rings is 2. The Morgan fingerprint density at radius 2 is 1.08 bits per heavy atom. The second-order valence-electron chi connectivity index (χ2n) is 39.9. The van der Waals surface area contributed by atoms with Gasteiger partial charge in [-0.15, -0.1) is 0 Å². The number of benzene rings is 3. The van der Waals surface area contributed by atoms with E-state index in [4.69, 9.17) is 15.2 Å². The number of amides is 12. The van der Waals surface area contributed by atoms with Crippen LogP contribution in [0.1, 0.15) is 215 Å². The molecule has 3 fully saturated rings. The number of primary amides is 1. The summed E-state index contributed by atoms with van der Waals surface area (Å²) in [6, 6.07) is 18.9. The molecule has 12 N–H and O–H groups in total. The molecule has 742 valence electrons. The summed E-state index contributed by atoms with van der Waals surface area (Å²) < 4.78 is 13.9. The van der Waals surface area contributed by atoms with E-state index in [2.05, 4.69) is 67.3 Å². The smallest absolute Gasteiger partial charge is 0.312 e. The van der Waals surface area contributed by atoms with Crippen LogP contribution in [-0.4, -0.2) is 270 Å². The number of ether oxygens (including phenoxy) is 2. The lowest BCUT2D eigenvalue weighted by Gasteiger charge is -2.41. The zero-order valence-corrected chi connectivity index (χ0v) is 83.3. The Balaban J connectivity index is 0.932. The number of nitrogens with two attached hydrogens (primary N) is 1. The van der Waals surface area contributed by atoms with Crippen LogP contribution in [0.3, 0.4) is 0 Å². The monoisotopic (exact) mass is 1860 g/mol. The molecular weight excluding hydrogens is 1690 g/mol. The third-order valence-electron chi connectivity index (χ3n) is 27.9. The van der Waals surface area contributed by atoms with Gasteiger partial charge in [-0.3, -0.25) is 72.5 Å². The van der Waals surface area contributed by atoms with Crippen molar-refractivity contribution in [3.05, 3.63) is 95.6 Å². The molecule has 32 heteroatoms. The number of carbonyl (C=O) groups excluding carboxylic acids is 14. The number of likely N-dealkylation sites (tertiary alicyclic amines) is 3. The van der Waals surface area contributed by atoms with Crippen molar-refractivity contribution in [2.45, 2.75) is 267 Å². The van der Waals surface area contributed by atoms with Crippen LogP contribution >= 0.6 is 0 Å². The Bertz CT molecular complexity index is 4200. The molecule has 0 radical (unpaired) electrons. The van der Waals surface area contributed by atoms with Crippen LogP contribution in [0.2, 0.25) is 0 Å². The van der Waals surface area contributed by atoms with Gasteiger partial charge in [0.2, 0.25) is 59.6 Å². The number of carbonyl (C=O) groups is 14. The highest BCUT2D eigenvalue weighted by molar-refractivity contribution is 5.99. The van der Waals surface area contributed by atoms with Crippen LogP contribution in [0.4, 0.5) is 16.2 Å². The molecule has 0 saturated carbocycles. The summed E-state index contributed by atoms with van der Waals surface area (Å²) in [5, 5.41) is 29.7. The normalized spacial score (nSPS) is 20.2. The van der Waals surface area contributed by atoms with Gasteiger partial charge in [-0.05, 0) is 129 Å². The third-order valence-corrected chi connectivity index (χ3v) is 27.9. The van der Waals surface area contributed by atoms with Crippen LogP contribution < -0.4 is 58.9 Å². The fraction of sp³-hybridized carbons (Fsp3) is 0.683. The number of anilines is 2. The van der Waals surface area contributed by atoms with Crippen molar-refractivity contribution in [2.24, 2.45) is 70.8 Å². The minimum Gasteiger partial charge on any atom is -0.379 e. The molecule has 133 heavy (non-hydrogen) atoms. The molecule has 3 saturated heterocycles. The molecule has 13 atom stereocenters. The van der Waals surface area contributed by atoms with Crippen LogP contribution in [0.25, 0.3) is 0 Å². The summed E-state index contributed by atoms with van der Waals surface area (Å²) in [5.41, 5.74) is 8.84. The van der Waals surface area contributed by atoms with Gasteiger partial charge in [0, 0.05) is 166 Å². The van der Waals surface area contributed by atoms with E-state index in [1.165, 1.54) is 7.11 Å². The summed E-state index contributed by atoms with van der Waals surface area (Å²) in [7, 11) is 12.8. The Kier molecular flexibility index (Phi) is 47.3. The van der Waals surface area contributed by atoms with Gasteiger partial charge in [0.1, 0.15) is 11.8 Å². The summed E-state index contributed by atoms with van der Waals surface area (Å²) in [6.45, 7) is 30.1. The maximum absolute atomic E-state index is 14.7. The number of quaternary nitrogens is 2. The highest BCUT2D eigenvalue weighted by Gasteiger charge is 2.45. The number of hydrogen-bond donors (Lipinski definition) is 11. The summed E-state index contributed by atoms with van der Waals surface area (Å²) in [5.74, 6) is -6.31. The molecule has 3 aliphatic rings. The molecule has 3 aromatic carbocycles. The first-order valence-electron chi connectivity index (χ1n) is 48.8. The maximum Gasteiger partial charge on any atom is 0.312 e. The minimum atomic E-state index is -0.879. The molecule has 12 amide bonds. The van der Waals surface area contributed by atoms with Crippen molar-refractivity contribution >= 4 is 94.3 Å². The topological polar surface area (TPSA) is 413 Å². The van der Waals surface area contributed by atoms with Crippen molar-refractivity contribution in [1.82, 2.24) is 57.2 Å². The molecule has 3 aromatic rings. The molecule has 0 spiro atoms. The molecule has 3 aliphatic heterocycles. The van der Waals surface area contributed by atoms with Gasteiger partial charge in [0.15, 0.2) is 11.6 Å². The predicted molar refractivity (Wildman–Crippen MR) is 517 cm³/mol. The van der Waals surface area contributed by atoms with E-state index in [1.54, 1.807) is 67.3 Å². The molecule has 3 heterocycles. The minimum absolute atomic E-state index is 0.00721. The van der Waals surface area contributed by atoms with Crippen LogP contribution in [-0.2, 0) is 91.3 Å². The third kappa shape index (κ3) is 36.2. The Labute approximate surface area is 791 Å². The van der Waals surface area contributed by atoms with Crippen LogP contribution in [0.5, 0.6) is 0 Å². The Morgan fingerprint density at radius 1 is 0.549 bits per heavy atom. The Morgan fingerprint density at radius 3 is 1.57 bits per heavy atom. The number of urea groups is 1. The van der Waals surface area contributed by atoms with Gasteiger partial charge in [-0.25, -0.2) is 4.79 Å². The average molecular weight is 1860 g/mol. The largest absolute Gasteiger partial charge is 0.379 e.